The van der Waals surface area contributed by atoms with Crippen LogP contribution in [-0.2, 0) is 4.74 Å². The number of piperazine rings is 1. The fourth-order valence-corrected chi connectivity index (χ4v) is 4.45. The van der Waals surface area contributed by atoms with Gasteiger partial charge in [-0.2, -0.15) is 0 Å². The second-order valence-electron chi connectivity index (χ2n) is 8.42. The molecule has 0 saturated carbocycles. The Balaban J connectivity index is 1.42. The second-order valence-corrected chi connectivity index (χ2v) is 8.42. The van der Waals surface area contributed by atoms with Crippen LogP contribution in [0.2, 0.25) is 0 Å². The molecular formula is C25H28N4O4. The smallest absolute Gasteiger partial charge is 0.291 e. The number of morpholine rings is 1. The van der Waals surface area contributed by atoms with E-state index in [1.165, 1.54) is 6.07 Å². The molecule has 0 bridgehead atoms. The first-order chi connectivity index (χ1) is 16.1. The summed E-state index contributed by atoms with van der Waals surface area (Å²) >= 11 is 0. The van der Waals surface area contributed by atoms with Crippen molar-refractivity contribution in [2.45, 2.75) is 6.92 Å². The topological polar surface area (TPSA) is 87.1 Å². The Morgan fingerprint density at radius 2 is 1.70 bits per heavy atom. The van der Waals surface area contributed by atoms with Gasteiger partial charge in [-0.05, 0) is 42.8 Å². The van der Waals surface area contributed by atoms with E-state index in [2.05, 4.69) is 20.4 Å². The number of ether oxygens (including phenoxy) is 1. The summed E-state index contributed by atoms with van der Waals surface area (Å²) < 4.78 is 11.5. The van der Waals surface area contributed by atoms with Crippen molar-refractivity contribution in [3.05, 3.63) is 64.0 Å². The molecule has 1 aromatic heterocycles. The van der Waals surface area contributed by atoms with E-state index in [-0.39, 0.29) is 11.2 Å². The summed E-state index contributed by atoms with van der Waals surface area (Å²) in [4.78, 5) is 30.4. The van der Waals surface area contributed by atoms with Gasteiger partial charge in [0.2, 0.25) is 0 Å². The lowest BCUT2D eigenvalue weighted by Gasteiger charge is -2.30. The van der Waals surface area contributed by atoms with Crippen molar-refractivity contribution in [3.63, 3.8) is 0 Å². The van der Waals surface area contributed by atoms with E-state index in [0.29, 0.717) is 16.7 Å². The number of hydrogen-bond donors (Lipinski definition) is 2. The molecule has 2 aliphatic rings. The number of rotatable bonds is 4. The molecule has 2 aromatic carbocycles. The first kappa shape index (κ1) is 21.5. The highest BCUT2D eigenvalue weighted by atomic mass is 16.5. The number of nitrogens with zero attached hydrogens (tertiary/aromatic N) is 2. The molecule has 8 nitrogen and oxygen atoms in total. The van der Waals surface area contributed by atoms with E-state index in [1.54, 1.807) is 0 Å². The molecule has 2 aliphatic heterocycles. The van der Waals surface area contributed by atoms with Gasteiger partial charge >= 0.3 is 0 Å². The lowest BCUT2D eigenvalue weighted by atomic mass is 10.1. The highest BCUT2D eigenvalue weighted by molar-refractivity contribution is 6.04. The van der Waals surface area contributed by atoms with Crippen molar-refractivity contribution in [3.8, 4) is 0 Å². The number of carbonyl (C=O) groups is 1. The van der Waals surface area contributed by atoms with Crippen LogP contribution in [0.25, 0.3) is 11.0 Å². The zero-order valence-electron chi connectivity index (χ0n) is 18.7. The van der Waals surface area contributed by atoms with E-state index < -0.39 is 5.91 Å². The molecule has 2 fully saturated rings. The van der Waals surface area contributed by atoms with Gasteiger partial charge in [0.25, 0.3) is 5.91 Å². The van der Waals surface area contributed by atoms with E-state index in [4.69, 9.17) is 9.15 Å². The third-order valence-electron chi connectivity index (χ3n) is 6.25. The molecular weight excluding hydrogens is 420 g/mol. The van der Waals surface area contributed by atoms with Crippen molar-refractivity contribution in [2.24, 2.45) is 0 Å². The highest BCUT2D eigenvalue weighted by Crippen LogP contribution is 2.29. The Morgan fingerprint density at radius 3 is 2.42 bits per heavy atom. The van der Waals surface area contributed by atoms with Crippen molar-refractivity contribution in [1.82, 2.24) is 5.32 Å². The van der Waals surface area contributed by atoms with Crippen LogP contribution in [0.15, 0.2) is 51.7 Å². The van der Waals surface area contributed by atoms with Crippen LogP contribution in [0, 0.1) is 6.92 Å². The SMILES string of the molecule is Cc1ccc(N2CCNCC2)c2oc(C(=O)Nc3ccc(N4CCOCC4)cc3)cc(=O)c12. The summed E-state index contributed by atoms with van der Waals surface area (Å²) in [5.74, 6) is -0.437. The second kappa shape index (κ2) is 9.25. The van der Waals surface area contributed by atoms with Crippen LogP contribution in [0.3, 0.4) is 0 Å². The molecule has 0 spiro atoms. The Morgan fingerprint density at radius 1 is 0.970 bits per heavy atom. The number of hydrogen-bond acceptors (Lipinski definition) is 7. The number of aryl methyl sites for hydroxylation is 1. The molecule has 8 heteroatoms. The van der Waals surface area contributed by atoms with Crippen molar-refractivity contribution in [2.75, 3.05) is 67.6 Å². The largest absolute Gasteiger partial charge is 0.448 e. The first-order valence-corrected chi connectivity index (χ1v) is 11.4. The number of anilines is 3. The summed E-state index contributed by atoms with van der Waals surface area (Å²) in [5.41, 5.74) is 3.67. The van der Waals surface area contributed by atoms with E-state index >= 15 is 0 Å². The summed E-state index contributed by atoms with van der Waals surface area (Å²) in [6.07, 6.45) is 0. The third kappa shape index (κ3) is 4.44. The molecule has 2 saturated heterocycles. The Kier molecular flexibility index (Phi) is 6.02. The van der Waals surface area contributed by atoms with Gasteiger partial charge in [0, 0.05) is 56.7 Å². The number of benzene rings is 2. The number of fused-ring (bicyclic) bond motifs is 1. The normalized spacial score (nSPS) is 16.8. The number of carbonyl (C=O) groups excluding carboxylic acids is 1. The van der Waals surface area contributed by atoms with Crippen LogP contribution >= 0.6 is 0 Å². The quantitative estimate of drug-likeness (QED) is 0.634. The van der Waals surface area contributed by atoms with E-state index in [1.807, 2.05) is 43.3 Å². The number of amides is 1. The van der Waals surface area contributed by atoms with Gasteiger partial charge < -0.3 is 29.6 Å². The summed E-state index contributed by atoms with van der Waals surface area (Å²) in [6.45, 7) is 8.37. The molecule has 5 rings (SSSR count). The van der Waals surface area contributed by atoms with Gasteiger partial charge in [-0.3, -0.25) is 9.59 Å². The van der Waals surface area contributed by atoms with Crippen LogP contribution in [0.1, 0.15) is 16.1 Å². The molecule has 172 valence electrons. The summed E-state index contributed by atoms with van der Waals surface area (Å²) in [7, 11) is 0. The van der Waals surface area contributed by atoms with Crippen LogP contribution in [0.5, 0.6) is 0 Å². The summed E-state index contributed by atoms with van der Waals surface area (Å²) in [5, 5.41) is 6.71. The first-order valence-electron chi connectivity index (χ1n) is 11.4. The molecule has 0 unspecified atom stereocenters. The van der Waals surface area contributed by atoms with Crippen molar-refractivity contribution >= 4 is 33.9 Å². The lowest BCUT2D eigenvalue weighted by Crippen LogP contribution is -2.43. The lowest BCUT2D eigenvalue weighted by molar-refractivity contribution is 0.0997. The minimum atomic E-state index is -0.444. The predicted octanol–water partition coefficient (Wildman–Crippen LogP) is 2.60. The van der Waals surface area contributed by atoms with Gasteiger partial charge in [-0.1, -0.05) is 6.07 Å². The maximum Gasteiger partial charge on any atom is 0.291 e. The fourth-order valence-electron chi connectivity index (χ4n) is 4.45. The standard InChI is InChI=1S/C25H28N4O4/c1-17-2-7-20(29-10-8-26-9-11-29)24-23(17)21(30)16-22(33-24)25(31)27-18-3-5-19(6-4-18)28-12-14-32-15-13-28/h2-7,16,26H,8-15H2,1H3,(H,27,31). The minimum absolute atomic E-state index is 0.00624. The van der Waals surface area contributed by atoms with Gasteiger partial charge in [0.15, 0.2) is 16.8 Å². The molecule has 0 radical (unpaired) electrons. The van der Waals surface area contributed by atoms with Crippen molar-refractivity contribution < 1.29 is 13.9 Å². The predicted molar refractivity (Wildman–Crippen MR) is 130 cm³/mol. The Labute approximate surface area is 192 Å². The maximum absolute atomic E-state index is 13.0. The van der Waals surface area contributed by atoms with Gasteiger partial charge in [-0.25, -0.2) is 0 Å². The molecule has 0 atom stereocenters. The molecule has 33 heavy (non-hydrogen) atoms. The van der Waals surface area contributed by atoms with Crippen LogP contribution < -0.4 is 25.9 Å². The zero-order chi connectivity index (χ0) is 22.8. The van der Waals surface area contributed by atoms with E-state index in [0.717, 1.165) is 69.4 Å². The Bertz CT molecular complexity index is 1210. The highest BCUT2D eigenvalue weighted by Gasteiger charge is 2.20. The molecule has 2 N–H and O–H groups in total. The molecule has 0 aliphatic carbocycles. The average molecular weight is 449 g/mol. The monoisotopic (exact) mass is 448 g/mol. The van der Waals surface area contributed by atoms with E-state index in [9.17, 15) is 9.59 Å². The Hall–Kier alpha value is -3.36. The van der Waals surface area contributed by atoms with Crippen LogP contribution in [-0.4, -0.2) is 58.4 Å². The summed E-state index contributed by atoms with van der Waals surface area (Å²) in [6, 6.07) is 12.9. The maximum atomic E-state index is 13.0. The molecule has 1 amide bonds. The average Bonchev–Trinajstić information content (AvgIpc) is 2.85. The third-order valence-corrected chi connectivity index (χ3v) is 6.25. The minimum Gasteiger partial charge on any atom is -0.448 e. The fraction of sp³-hybridized carbons (Fsp3) is 0.360. The number of nitrogens with one attached hydrogen (secondary N) is 2. The molecule has 3 heterocycles. The molecule has 3 aromatic rings. The van der Waals surface area contributed by atoms with Crippen LogP contribution in [0.4, 0.5) is 17.1 Å². The van der Waals surface area contributed by atoms with Gasteiger partial charge in [0.1, 0.15) is 0 Å². The zero-order valence-corrected chi connectivity index (χ0v) is 18.7. The van der Waals surface area contributed by atoms with Gasteiger partial charge in [0.05, 0.1) is 24.3 Å². The van der Waals surface area contributed by atoms with Crippen molar-refractivity contribution in [1.29, 1.82) is 0 Å². The van der Waals surface area contributed by atoms with Gasteiger partial charge in [-0.15, -0.1) is 0 Å².